The number of aromatic nitrogens is 4. The summed E-state index contributed by atoms with van der Waals surface area (Å²) in [6, 6.07) is 2.11. The molecule has 86 valence electrons. The van der Waals surface area contributed by atoms with Crippen LogP contribution in [-0.2, 0) is 12.8 Å². The number of nitrogens with zero attached hydrogens (tertiary/aromatic N) is 4. The molecule has 0 spiro atoms. The van der Waals surface area contributed by atoms with Crippen LogP contribution in [0.3, 0.4) is 0 Å². The molecular formula is C11H16N4S. The number of rotatable bonds is 4. The summed E-state index contributed by atoms with van der Waals surface area (Å²) in [5.74, 6) is 1.71. The van der Waals surface area contributed by atoms with Crippen molar-refractivity contribution in [3.8, 4) is 0 Å². The number of hydrogen-bond donors (Lipinski definition) is 0. The van der Waals surface area contributed by atoms with Crippen molar-refractivity contribution in [1.29, 1.82) is 0 Å². The highest BCUT2D eigenvalue weighted by Crippen LogP contribution is 2.15. The minimum Gasteiger partial charge on any atom is -0.216 e. The Hall–Kier alpha value is -1.10. The Labute approximate surface area is 99.5 Å². The van der Waals surface area contributed by atoms with Crippen molar-refractivity contribution >= 4 is 17.5 Å². The summed E-state index contributed by atoms with van der Waals surface area (Å²) >= 11 is 1.65. The molecule has 16 heavy (non-hydrogen) atoms. The maximum Gasteiger partial charge on any atom is 0.253 e. The first-order valence-electron chi connectivity index (χ1n) is 5.66. The van der Waals surface area contributed by atoms with Crippen molar-refractivity contribution in [3.63, 3.8) is 0 Å². The van der Waals surface area contributed by atoms with Crippen LogP contribution in [0.2, 0.25) is 0 Å². The average Bonchev–Trinajstić information content (AvgIpc) is 2.70. The second-order valence-corrected chi connectivity index (χ2v) is 4.72. The number of hydrogen-bond acceptors (Lipinski definition) is 4. The van der Waals surface area contributed by atoms with E-state index < -0.39 is 0 Å². The molecule has 4 nitrogen and oxygen atoms in total. The standard InChI is InChI=1S/C11H16N4S/c1-4-8-7-9(5-2)15-10(12-8)13-11(14-15)16-6-3/h7H,4-6H2,1-3H3. The summed E-state index contributed by atoms with van der Waals surface area (Å²) in [7, 11) is 0. The van der Waals surface area contributed by atoms with Crippen molar-refractivity contribution in [2.75, 3.05) is 5.75 Å². The maximum absolute atomic E-state index is 4.48. The average molecular weight is 236 g/mol. The summed E-state index contributed by atoms with van der Waals surface area (Å²) in [5.41, 5.74) is 2.27. The van der Waals surface area contributed by atoms with E-state index in [2.05, 4.69) is 41.9 Å². The van der Waals surface area contributed by atoms with Gasteiger partial charge in [-0.25, -0.2) is 9.50 Å². The quantitative estimate of drug-likeness (QED) is 0.764. The number of fused-ring (bicyclic) bond motifs is 1. The van der Waals surface area contributed by atoms with E-state index in [-0.39, 0.29) is 0 Å². The Morgan fingerprint density at radius 1 is 1.19 bits per heavy atom. The van der Waals surface area contributed by atoms with E-state index in [0.29, 0.717) is 0 Å². The van der Waals surface area contributed by atoms with Gasteiger partial charge in [-0.2, -0.15) is 4.98 Å². The molecule has 5 heteroatoms. The third-order valence-electron chi connectivity index (χ3n) is 2.42. The summed E-state index contributed by atoms with van der Waals surface area (Å²) in [6.45, 7) is 6.33. The van der Waals surface area contributed by atoms with Gasteiger partial charge in [-0.05, 0) is 24.7 Å². The van der Waals surface area contributed by atoms with Gasteiger partial charge in [0.1, 0.15) is 0 Å². The maximum atomic E-state index is 4.48. The van der Waals surface area contributed by atoms with E-state index in [9.17, 15) is 0 Å². The molecule has 0 aliphatic heterocycles. The minimum atomic E-state index is 0.729. The van der Waals surface area contributed by atoms with Gasteiger partial charge in [-0.3, -0.25) is 0 Å². The smallest absolute Gasteiger partial charge is 0.216 e. The zero-order chi connectivity index (χ0) is 11.5. The summed E-state index contributed by atoms with van der Waals surface area (Å²) in [5, 5.41) is 5.27. The normalized spacial score (nSPS) is 11.2. The molecule has 0 radical (unpaired) electrons. The SMILES string of the molecule is CCSc1nc2nc(CC)cc(CC)n2n1. The lowest BCUT2D eigenvalue weighted by Gasteiger charge is -2.02. The molecule has 0 saturated carbocycles. The molecule has 0 unspecified atom stereocenters. The van der Waals surface area contributed by atoms with Crippen LogP contribution in [-0.4, -0.2) is 25.3 Å². The van der Waals surface area contributed by atoms with E-state index in [1.165, 1.54) is 5.69 Å². The second-order valence-electron chi connectivity index (χ2n) is 3.49. The molecule has 0 aliphatic rings. The van der Waals surface area contributed by atoms with Crippen molar-refractivity contribution in [3.05, 3.63) is 17.5 Å². The molecule has 2 heterocycles. The predicted octanol–water partition coefficient (Wildman–Crippen LogP) is 2.36. The molecule has 0 atom stereocenters. The Morgan fingerprint density at radius 2 is 2.00 bits per heavy atom. The van der Waals surface area contributed by atoms with E-state index in [0.717, 1.165) is 35.2 Å². The van der Waals surface area contributed by atoms with E-state index in [4.69, 9.17) is 0 Å². The Morgan fingerprint density at radius 3 is 2.62 bits per heavy atom. The van der Waals surface area contributed by atoms with Crippen LogP contribution in [0.25, 0.3) is 5.78 Å². The highest BCUT2D eigenvalue weighted by molar-refractivity contribution is 7.99. The summed E-state index contributed by atoms with van der Waals surface area (Å²) in [4.78, 5) is 8.90. The molecule has 0 aliphatic carbocycles. The molecule has 2 aromatic rings. The fraction of sp³-hybridized carbons (Fsp3) is 0.545. The van der Waals surface area contributed by atoms with Gasteiger partial charge in [0.05, 0.1) is 0 Å². The molecule has 0 aromatic carbocycles. The summed E-state index contributed by atoms with van der Waals surface area (Å²) in [6.07, 6.45) is 1.89. The first kappa shape index (κ1) is 11.4. The van der Waals surface area contributed by atoms with Crippen LogP contribution in [0.15, 0.2) is 11.2 Å². The predicted molar refractivity (Wildman–Crippen MR) is 65.9 cm³/mol. The lowest BCUT2D eigenvalue weighted by atomic mass is 10.2. The Bertz CT molecular complexity index is 492. The van der Waals surface area contributed by atoms with Gasteiger partial charge in [0.2, 0.25) is 5.16 Å². The Balaban J connectivity index is 2.55. The Kier molecular flexibility index (Phi) is 3.43. The molecule has 0 bridgehead atoms. The molecule has 0 N–H and O–H groups in total. The summed E-state index contributed by atoms with van der Waals surface area (Å²) < 4.78 is 1.86. The van der Waals surface area contributed by atoms with Crippen molar-refractivity contribution in [2.24, 2.45) is 0 Å². The van der Waals surface area contributed by atoms with E-state index in [1.807, 2.05) is 4.52 Å². The van der Waals surface area contributed by atoms with Crippen LogP contribution in [0.1, 0.15) is 32.2 Å². The van der Waals surface area contributed by atoms with Crippen LogP contribution >= 0.6 is 11.8 Å². The topological polar surface area (TPSA) is 43.1 Å². The van der Waals surface area contributed by atoms with Crippen LogP contribution in [0.4, 0.5) is 0 Å². The highest BCUT2D eigenvalue weighted by Gasteiger charge is 2.09. The highest BCUT2D eigenvalue weighted by atomic mass is 32.2. The minimum absolute atomic E-state index is 0.729. The second kappa shape index (κ2) is 4.82. The first-order valence-corrected chi connectivity index (χ1v) is 6.65. The van der Waals surface area contributed by atoms with Crippen LogP contribution < -0.4 is 0 Å². The van der Waals surface area contributed by atoms with Gasteiger partial charge in [-0.15, -0.1) is 5.10 Å². The largest absolute Gasteiger partial charge is 0.253 e. The third kappa shape index (κ3) is 2.04. The molecule has 0 amide bonds. The first-order chi connectivity index (χ1) is 7.78. The van der Waals surface area contributed by atoms with Crippen molar-refractivity contribution in [1.82, 2.24) is 19.6 Å². The van der Waals surface area contributed by atoms with Gasteiger partial charge in [0.25, 0.3) is 5.78 Å². The van der Waals surface area contributed by atoms with Crippen molar-refractivity contribution in [2.45, 2.75) is 38.8 Å². The molecule has 2 aromatic heterocycles. The van der Waals surface area contributed by atoms with E-state index >= 15 is 0 Å². The zero-order valence-corrected chi connectivity index (χ0v) is 10.7. The van der Waals surface area contributed by atoms with Gasteiger partial charge in [0, 0.05) is 11.4 Å². The zero-order valence-electron chi connectivity index (χ0n) is 9.90. The van der Waals surface area contributed by atoms with Gasteiger partial charge in [0.15, 0.2) is 0 Å². The van der Waals surface area contributed by atoms with Gasteiger partial charge < -0.3 is 0 Å². The van der Waals surface area contributed by atoms with E-state index in [1.54, 1.807) is 11.8 Å². The van der Waals surface area contributed by atoms with Crippen LogP contribution in [0, 0.1) is 0 Å². The van der Waals surface area contributed by atoms with Crippen molar-refractivity contribution < 1.29 is 0 Å². The molecule has 2 rings (SSSR count). The van der Waals surface area contributed by atoms with Crippen LogP contribution in [0.5, 0.6) is 0 Å². The lowest BCUT2D eigenvalue weighted by Crippen LogP contribution is -2.02. The monoisotopic (exact) mass is 236 g/mol. The molecular weight excluding hydrogens is 220 g/mol. The fourth-order valence-electron chi connectivity index (χ4n) is 1.59. The van der Waals surface area contributed by atoms with Gasteiger partial charge in [-0.1, -0.05) is 32.5 Å². The number of thioether (sulfide) groups is 1. The number of aryl methyl sites for hydroxylation is 2. The molecule has 0 saturated heterocycles. The molecule has 0 fully saturated rings. The van der Waals surface area contributed by atoms with Gasteiger partial charge >= 0.3 is 0 Å². The fourth-order valence-corrected chi connectivity index (χ4v) is 2.13. The lowest BCUT2D eigenvalue weighted by molar-refractivity contribution is 0.805. The third-order valence-corrected chi connectivity index (χ3v) is 3.14.